The second kappa shape index (κ2) is 6.95. The van der Waals surface area contributed by atoms with E-state index in [9.17, 15) is 22.9 Å². The van der Waals surface area contributed by atoms with Crippen LogP contribution in [0.2, 0.25) is 5.02 Å². The molecule has 138 valence electrons. The van der Waals surface area contributed by atoms with E-state index in [0.29, 0.717) is 5.39 Å². The molecule has 0 bridgehead atoms. The number of carbonyl (C=O) groups is 1. The highest BCUT2D eigenvalue weighted by Crippen LogP contribution is 2.37. The predicted octanol–water partition coefficient (Wildman–Crippen LogP) is 4.56. The summed E-state index contributed by atoms with van der Waals surface area (Å²) in [5.41, 5.74) is -0.798. The Bertz CT molecular complexity index is 1210. The van der Waals surface area contributed by atoms with Gasteiger partial charge in [-0.25, -0.2) is 4.79 Å². The first-order valence-electron chi connectivity index (χ1n) is 7.35. The zero-order chi connectivity index (χ0) is 19.8. The number of aromatic carboxylic acids is 1. The van der Waals surface area contributed by atoms with Crippen molar-refractivity contribution in [2.75, 3.05) is 0 Å². The Hall–Kier alpha value is -3.01. The number of carboxylic acids is 1. The van der Waals surface area contributed by atoms with E-state index in [0.717, 1.165) is 17.5 Å². The smallest absolute Gasteiger partial charge is 0.337 e. The van der Waals surface area contributed by atoms with Crippen LogP contribution < -0.4 is 0 Å². The first kappa shape index (κ1) is 18.8. The van der Waals surface area contributed by atoms with Gasteiger partial charge in [-0.1, -0.05) is 41.9 Å². The Morgan fingerprint density at radius 1 is 1.04 bits per heavy atom. The van der Waals surface area contributed by atoms with Crippen LogP contribution in [0.15, 0.2) is 63.7 Å². The van der Waals surface area contributed by atoms with Gasteiger partial charge in [0.05, 0.1) is 10.6 Å². The third-order valence-corrected chi connectivity index (χ3v) is 4.89. The summed E-state index contributed by atoms with van der Waals surface area (Å²) in [6, 6.07) is 11.7. The molecule has 0 unspecified atom stereocenters. The zero-order valence-corrected chi connectivity index (χ0v) is 14.9. The summed E-state index contributed by atoms with van der Waals surface area (Å²) in [6.45, 7) is 0. The molecule has 0 spiro atoms. The Morgan fingerprint density at radius 2 is 1.74 bits per heavy atom. The zero-order valence-electron chi connectivity index (χ0n) is 13.4. The van der Waals surface area contributed by atoms with Crippen LogP contribution in [-0.4, -0.2) is 29.2 Å². The molecule has 0 amide bonds. The molecule has 0 aliphatic rings. The highest BCUT2D eigenvalue weighted by Gasteiger charge is 2.21. The molecule has 3 aromatic carbocycles. The van der Waals surface area contributed by atoms with E-state index >= 15 is 0 Å². The normalized spacial score (nSPS) is 11.9. The van der Waals surface area contributed by atoms with Gasteiger partial charge < -0.3 is 10.2 Å². The van der Waals surface area contributed by atoms with Crippen LogP contribution in [0, 0.1) is 0 Å². The lowest BCUT2D eigenvalue weighted by Crippen LogP contribution is -2.03. The molecular formula is C17H11ClN2O6S. The van der Waals surface area contributed by atoms with Crippen LogP contribution in [0.5, 0.6) is 5.75 Å². The third-order valence-electron chi connectivity index (χ3n) is 3.69. The van der Waals surface area contributed by atoms with Crippen molar-refractivity contribution < 1.29 is 28.0 Å². The van der Waals surface area contributed by atoms with E-state index in [4.69, 9.17) is 16.7 Å². The van der Waals surface area contributed by atoms with E-state index in [2.05, 4.69) is 10.2 Å². The molecule has 0 saturated carbocycles. The third kappa shape index (κ3) is 3.75. The van der Waals surface area contributed by atoms with Crippen molar-refractivity contribution in [2.24, 2.45) is 10.2 Å². The summed E-state index contributed by atoms with van der Waals surface area (Å²) >= 11 is 5.75. The molecule has 0 saturated heterocycles. The maximum Gasteiger partial charge on any atom is 0.337 e. The summed E-state index contributed by atoms with van der Waals surface area (Å²) in [4.78, 5) is 10.5. The molecule has 8 nitrogen and oxygen atoms in total. The summed E-state index contributed by atoms with van der Waals surface area (Å²) in [5.74, 6) is -1.62. The van der Waals surface area contributed by atoms with Gasteiger partial charge in [-0.15, -0.1) is 10.2 Å². The van der Waals surface area contributed by atoms with Gasteiger partial charge in [0.2, 0.25) is 0 Å². The fourth-order valence-corrected chi connectivity index (χ4v) is 3.38. The number of benzene rings is 3. The quantitative estimate of drug-likeness (QED) is 0.429. The van der Waals surface area contributed by atoms with Crippen LogP contribution in [0.1, 0.15) is 10.4 Å². The summed E-state index contributed by atoms with van der Waals surface area (Å²) in [5, 5.41) is 27.7. The van der Waals surface area contributed by atoms with E-state index in [-0.39, 0.29) is 16.5 Å². The van der Waals surface area contributed by atoms with Gasteiger partial charge in [0.15, 0.2) is 0 Å². The van der Waals surface area contributed by atoms with Crippen LogP contribution in [-0.2, 0) is 10.1 Å². The highest BCUT2D eigenvalue weighted by molar-refractivity contribution is 7.86. The molecule has 0 radical (unpaired) electrons. The predicted molar refractivity (Wildman–Crippen MR) is 98.0 cm³/mol. The Morgan fingerprint density at radius 3 is 2.41 bits per heavy atom. The molecule has 0 atom stereocenters. The van der Waals surface area contributed by atoms with Crippen molar-refractivity contribution in [2.45, 2.75) is 4.90 Å². The van der Waals surface area contributed by atoms with Gasteiger partial charge in [0.1, 0.15) is 22.0 Å². The second-order valence-corrected chi connectivity index (χ2v) is 7.23. The molecule has 10 heteroatoms. The summed E-state index contributed by atoms with van der Waals surface area (Å²) < 4.78 is 32.5. The lowest BCUT2D eigenvalue weighted by Gasteiger charge is -2.07. The number of fused-ring (bicyclic) bond motifs is 1. The standard InChI is InChI=1S/C17H11ClN2O6S/c18-12-8-15(27(24,25)26)13(7-11(12)17(22)23)19-20-16-10-4-2-1-3-9(10)5-6-14(16)21/h1-8,21H,(H,22,23)(H,24,25,26)/b20-19+. The van der Waals surface area contributed by atoms with Crippen molar-refractivity contribution in [1.29, 1.82) is 0 Å². The Kier molecular flexibility index (Phi) is 4.83. The van der Waals surface area contributed by atoms with Crippen LogP contribution in [0.25, 0.3) is 10.8 Å². The fraction of sp³-hybridized carbons (Fsp3) is 0. The minimum Gasteiger partial charge on any atom is -0.506 e. The Labute approximate surface area is 158 Å². The number of rotatable bonds is 4. The first-order chi connectivity index (χ1) is 12.7. The van der Waals surface area contributed by atoms with Crippen molar-refractivity contribution >= 4 is 49.8 Å². The number of aromatic hydroxyl groups is 1. The molecule has 0 heterocycles. The number of halogens is 1. The molecule has 0 aromatic heterocycles. The van der Waals surface area contributed by atoms with Crippen molar-refractivity contribution in [3.63, 3.8) is 0 Å². The van der Waals surface area contributed by atoms with Gasteiger partial charge in [-0.05, 0) is 23.6 Å². The molecule has 3 rings (SSSR count). The van der Waals surface area contributed by atoms with E-state index in [1.165, 1.54) is 6.07 Å². The van der Waals surface area contributed by atoms with Crippen LogP contribution in [0.3, 0.4) is 0 Å². The molecule has 27 heavy (non-hydrogen) atoms. The number of azo groups is 1. The van der Waals surface area contributed by atoms with E-state index < -0.39 is 32.2 Å². The number of nitrogens with zero attached hydrogens (tertiary/aromatic N) is 2. The number of hydrogen-bond donors (Lipinski definition) is 3. The summed E-state index contributed by atoms with van der Waals surface area (Å²) in [6.07, 6.45) is 0. The maximum atomic E-state index is 11.6. The first-order valence-corrected chi connectivity index (χ1v) is 9.17. The average molecular weight is 407 g/mol. The van der Waals surface area contributed by atoms with Crippen LogP contribution >= 0.6 is 11.6 Å². The van der Waals surface area contributed by atoms with Crippen molar-refractivity contribution in [1.82, 2.24) is 0 Å². The van der Waals surface area contributed by atoms with Crippen LogP contribution in [0.4, 0.5) is 11.4 Å². The minimum absolute atomic E-state index is 0.0567. The van der Waals surface area contributed by atoms with E-state index in [1.54, 1.807) is 30.3 Å². The minimum atomic E-state index is -4.75. The monoisotopic (exact) mass is 406 g/mol. The molecule has 3 aromatic rings. The highest BCUT2D eigenvalue weighted by atomic mass is 35.5. The maximum absolute atomic E-state index is 11.6. The topological polar surface area (TPSA) is 137 Å². The average Bonchev–Trinajstić information content (AvgIpc) is 2.60. The SMILES string of the molecule is O=C(O)c1cc(/N=N/c2c(O)ccc3ccccc23)c(S(=O)(=O)O)cc1Cl. The summed E-state index contributed by atoms with van der Waals surface area (Å²) in [7, 11) is -4.75. The second-order valence-electron chi connectivity index (χ2n) is 5.43. The largest absolute Gasteiger partial charge is 0.506 e. The van der Waals surface area contributed by atoms with E-state index in [1.807, 2.05) is 0 Å². The Balaban J connectivity index is 2.22. The molecule has 0 aliphatic carbocycles. The fourth-order valence-electron chi connectivity index (χ4n) is 2.44. The van der Waals surface area contributed by atoms with Crippen molar-refractivity contribution in [3.8, 4) is 5.75 Å². The van der Waals surface area contributed by atoms with Gasteiger partial charge in [-0.3, -0.25) is 4.55 Å². The van der Waals surface area contributed by atoms with Gasteiger partial charge >= 0.3 is 5.97 Å². The molecular weight excluding hydrogens is 396 g/mol. The number of phenols is 1. The lowest BCUT2D eigenvalue weighted by molar-refractivity contribution is 0.0697. The molecule has 3 N–H and O–H groups in total. The lowest BCUT2D eigenvalue weighted by atomic mass is 10.1. The van der Waals surface area contributed by atoms with Crippen molar-refractivity contribution in [3.05, 3.63) is 59.1 Å². The van der Waals surface area contributed by atoms with Gasteiger partial charge in [0.25, 0.3) is 10.1 Å². The van der Waals surface area contributed by atoms with Gasteiger partial charge in [-0.2, -0.15) is 8.42 Å². The molecule has 0 aliphatic heterocycles. The number of phenolic OH excluding ortho intramolecular Hbond substituents is 1. The van der Waals surface area contributed by atoms with Gasteiger partial charge in [0, 0.05) is 5.39 Å². The number of carboxylic acid groups (broad SMARTS) is 1. The number of hydrogen-bond acceptors (Lipinski definition) is 6. The molecule has 0 fully saturated rings.